The van der Waals surface area contributed by atoms with Gasteiger partial charge in [-0.25, -0.2) is 0 Å². The van der Waals surface area contributed by atoms with E-state index in [1.807, 2.05) is 37.3 Å². The number of methoxy groups -OCH3 is 1. The molecule has 1 atom stereocenters. The van der Waals surface area contributed by atoms with Gasteiger partial charge in [0, 0.05) is 5.69 Å². The number of hydrogen-bond acceptors (Lipinski definition) is 4. The zero-order valence-corrected chi connectivity index (χ0v) is 21.2. The predicted molar refractivity (Wildman–Crippen MR) is 139 cm³/mol. The van der Waals surface area contributed by atoms with Crippen molar-refractivity contribution in [2.24, 2.45) is 0 Å². The lowest BCUT2D eigenvalue weighted by Gasteiger charge is -2.26. The minimum absolute atomic E-state index is 0.0117. The third kappa shape index (κ3) is 4.44. The molecule has 0 aliphatic carbocycles. The number of para-hydroxylation sites is 1. The quantitative estimate of drug-likeness (QED) is 0.255. The van der Waals surface area contributed by atoms with Gasteiger partial charge in [0.1, 0.15) is 11.5 Å². The summed E-state index contributed by atoms with van der Waals surface area (Å²) < 4.78 is 5.44. The highest BCUT2D eigenvalue weighted by Crippen LogP contribution is 2.44. The van der Waals surface area contributed by atoms with Gasteiger partial charge in [-0.1, -0.05) is 74.8 Å². The highest BCUT2D eigenvalue weighted by atomic mass is 35.5. The number of aliphatic hydroxyl groups excluding tert-OH is 1. The number of anilines is 1. The van der Waals surface area contributed by atoms with Crippen LogP contribution in [-0.4, -0.2) is 23.9 Å². The van der Waals surface area contributed by atoms with E-state index in [1.165, 1.54) is 12.0 Å². The normalized spacial score (nSPS) is 17.7. The number of aliphatic hydroxyl groups is 1. The molecule has 1 aliphatic heterocycles. The zero-order chi connectivity index (χ0) is 25.5. The number of ether oxygens (including phenoxy) is 1. The van der Waals surface area contributed by atoms with Crippen LogP contribution in [0.4, 0.5) is 5.69 Å². The maximum Gasteiger partial charge on any atom is 0.300 e. The number of Topliss-reactive ketones (excluding diaryl/α,β-unsaturated/α-hetero) is 1. The van der Waals surface area contributed by atoms with Crippen LogP contribution < -0.4 is 9.64 Å². The average Bonchev–Trinajstić information content (AvgIpc) is 3.08. The fraction of sp³-hybridized carbons (Fsp3) is 0.241. The van der Waals surface area contributed by atoms with Crippen LogP contribution in [-0.2, 0) is 15.0 Å². The standard InChI is InChI=1S/C29H28ClNO4/c1-17-15-21(27(35-5)22(30)16-17)25(32)23-24(18-11-13-19(14-12-18)29(2,3)4)31(28(34)26(23)33)20-9-7-6-8-10-20/h6-16,24,32H,1-5H3/b25-23+. The van der Waals surface area contributed by atoms with Gasteiger partial charge in [0.2, 0.25) is 0 Å². The van der Waals surface area contributed by atoms with E-state index in [0.717, 1.165) is 11.1 Å². The minimum Gasteiger partial charge on any atom is -0.507 e. The van der Waals surface area contributed by atoms with Gasteiger partial charge in [-0.05, 0) is 53.3 Å². The first kappa shape index (κ1) is 24.6. The molecule has 0 bridgehead atoms. The molecule has 0 radical (unpaired) electrons. The number of ketones is 1. The van der Waals surface area contributed by atoms with Crippen LogP contribution in [0.5, 0.6) is 5.75 Å². The molecule has 6 heteroatoms. The molecule has 3 aromatic carbocycles. The van der Waals surface area contributed by atoms with E-state index in [4.69, 9.17) is 16.3 Å². The van der Waals surface area contributed by atoms with Crippen molar-refractivity contribution in [2.45, 2.75) is 39.2 Å². The molecule has 1 N–H and O–H groups in total. The van der Waals surface area contributed by atoms with E-state index in [9.17, 15) is 14.7 Å². The van der Waals surface area contributed by atoms with Gasteiger partial charge >= 0.3 is 0 Å². The molecule has 1 unspecified atom stereocenters. The Kier molecular flexibility index (Phi) is 6.48. The van der Waals surface area contributed by atoms with Crippen molar-refractivity contribution in [3.63, 3.8) is 0 Å². The van der Waals surface area contributed by atoms with Crippen molar-refractivity contribution in [3.05, 3.63) is 99.6 Å². The van der Waals surface area contributed by atoms with Crippen molar-refractivity contribution in [1.82, 2.24) is 0 Å². The minimum atomic E-state index is -0.824. The van der Waals surface area contributed by atoms with E-state index in [-0.39, 0.29) is 28.1 Å². The van der Waals surface area contributed by atoms with Crippen molar-refractivity contribution in [3.8, 4) is 5.75 Å². The predicted octanol–water partition coefficient (Wildman–Crippen LogP) is 6.58. The molecule has 0 spiro atoms. The number of aryl methyl sites for hydroxylation is 1. The van der Waals surface area contributed by atoms with Crippen molar-refractivity contribution in [2.75, 3.05) is 12.0 Å². The molecule has 180 valence electrons. The van der Waals surface area contributed by atoms with Crippen molar-refractivity contribution in [1.29, 1.82) is 0 Å². The van der Waals surface area contributed by atoms with Crippen molar-refractivity contribution < 1.29 is 19.4 Å². The molecule has 4 rings (SSSR count). The van der Waals surface area contributed by atoms with Crippen LogP contribution in [0, 0.1) is 6.92 Å². The second kappa shape index (κ2) is 9.23. The van der Waals surface area contributed by atoms with E-state index in [0.29, 0.717) is 16.3 Å². The SMILES string of the molecule is COc1c(Cl)cc(C)cc1/C(O)=C1\C(=O)C(=O)N(c2ccccc2)C1c1ccc(C(C)(C)C)cc1. The van der Waals surface area contributed by atoms with Gasteiger partial charge < -0.3 is 9.84 Å². The smallest absolute Gasteiger partial charge is 0.300 e. The summed E-state index contributed by atoms with van der Waals surface area (Å²) in [6, 6.07) is 19.4. The molecule has 1 saturated heterocycles. The summed E-state index contributed by atoms with van der Waals surface area (Å²) in [7, 11) is 1.44. The fourth-order valence-corrected chi connectivity index (χ4v) is 4.78. The summed E-state index contributed by atoms with van der Waals surface area (Å²) in [6.45, 7) is 8.18. The molecule has 1 fully saturated rings. The number of hydrogen-bond donors (Lipinski definition) is 1. The Labute approximate surface area is 210 Å². The second-order valence-corrected chi connectivity index (χ2v) is 10.1. The van der Waals surface area contributed by atoms with Crippen LogP contribution >= 0.6 is 11.6 Å². The Balaban J connectivity index is 1.98. The maximum absolute atomic E-state index is 13.4. The highest BCUT2D eigenvalue weighted by Gasteiger charge is 2.47. The van der Waals surface area contributed by atoms with Gasteiger partial charge in [0.25, 0.3) is 11.7 Å². The van der Waals surface area contributed by atoms with Crippen molar-refractivity contribution >= 4 is 34.7 Å². The molecular formula is C29H28ClNO4. The Morgan fingerprint density at radius 1 is 1.00 bits per heavy atom. The molecule has 1 aliphatic rings. The number of halogens is 1. The summed E-state index contributed by atoms with van der Waals surface area (Å²) in [5.74, 6) is -1.56. The first-order chi connectivity index (χ1) is 16.5. The first-order valence-corrected chi connectivity index (χ1v) is 11.7. The van der Waals surface area contributed by atoms with Crippen LogP contribution in [0.15, 0.2) is 72.3 Å². The highest BCUT2D eigenvalue weighted by molar-refractivity contribution is 6.51. The summed E-state index contributed by atoms with van der Waals surface area (Å²) in [6.07, 6.45) is 0. The molecule has 1 amide bonds. The van der Waals surface area contributed by atoms with Crippen LogP contribution in [0.25, 0.3) is 5.76 Å². The Morgan fingerprint density at radius 3 is 2.20 bits per heavy atom. The average molecular weight is 490 g/mol. The summed E-state index contributed by atoms with van der Waals surface area (Å²) in [5, 5.41) is 11.8. The maximum atomic E-state index is 13.4. The number of rotatable bonds is 4. The van der Waals surface area contributed by atoms with E-state index in [2.05, 4.69) is 20.8 Å². The molecule has 0 saturated carbocycles. The van der Waals surface area contributed by atoms with Gasteiger partial charge in [-0.3, -0.25) is 14.5 Å². The lowest BCUT2D eigenvalue weighted by atomic mass is 9.85. The van der Waals surface area contributed by atoms with E-state index >= 15 is 0 Å². The number of carbonyl (C=O) groups excluding carboxylic acids is 2. The summed E-state index contributed by atoms with van der Waals surface area (Å²) in [4.78, 5) is 28.2. The van der Waals surface area contributed by atoms with E-state index in [1.54, 1.807) is 36.4 Å². The monoisotopic (exact) mass is 489 g/mol. The van der Waals surface area contributed by atoms with Crippen LogP contribution in [0.1, 0.15) is 49.1 Å². The van der Waals surface area contributed by atoms with Gasteiger partial charge in [0.15, 0.2) is 0 Å². The Morgan fingerprint density at radius 2 is 1.63 bits per heavy atom. The first-order valence-electron chi connectivity index (χ1n) is 11.4. The molecule has 0 aromatic heterocycles. The molecular weight excluding hydrogens is 462 g/mol. The van der Waals surface area contributed by atoms with Crippen LogP contribution in [0.2, 0.25) is 5.02 Å². The number of carbonyl (C=O) groups is 2. The topological polar surface area (TPSA) is 66.8 Å². The van der Waals surface area contributed by atoms with E-state index < -0.39 is 17.7 Å². The molecule has 35 heavy (non-hydrogen) atoms. The van der Waals surface area contributed by atoms with Gasteiger partial charge in [-0.2, -0.15) is 0 Å². The Hall–Kier alpha value is -3.57. The summed E-state index contributed by atoms with van der Waals surface area (Å²) in [5.41, 5.74) is 3.35. The molecule has 3 aromatic rings. The number of amides is 1. The fourth-order valence-electron chi connectivity index (χ4n) is 4.43. The number of nitrogens with zero attached hydrogens (tertiary/aromatic N) is 1. The largest absolute Gasteiger partial charge is 0.507 e. The molecule has 5 nitrogen and oxygen atoms in total. The van der Waals surface area contributed by atoms with Crippen LogP contribution in [0.3, 0.4) is 0 Å². The Bertz CT molecular complexity index is 1320. The summed E-state index contributed by atoms with van der Waals surface area (Å²) >= 11 is 6.37. The zero-order valence-electron chi connectivity index (χ0n) is 20.4. The van der Waals surface area contributed by atoms with Gasteiger partial charge in [-0.15, -0.1) is 0 Å². The lowest BCUT2D eigenvalue weighted by molar-refractivity contribution is -0.132. The van der Waals surface area contributed by atoms with Gasteiger partial charge in [0.05, 0.1) is 29.3 Å². The number of benzene rings is 3. The third-order valence-corrected chi connectivity index (χ3v) is 6.50. The molecule has 1 heterocycles. The second-order valence-electron chi connectivity index (χ2n) is 9.70. The lowest BCUT2D eigenvalue weighted by Crippen LogP contribution is -2.29. The third-order valence-electron chi connectivity index (χ3n) is 6.22.